The minimum atomic E-state index is -0.672. The van der Waals surface area contributed by atoms with Crippen molar-refractivity contribution >= 4 is 5.97 Å². The Bertz CT molecular complexity index is 422. The van der Waals surface area contributed by atoms with E-state index in [1.165, 1.54) is 25.7 Å². The summed E-state index contributed by atoms with van der Waals surface area (Å²) in [4.78, 5) is 11.4. The minimum absolute atomic E-state index is 0.268. The molecule has 1 N–H and O–H groups in total. The fourth-order valence-corrected chi connectivity index (χ4v) is 3.00. The van der Waals surface area contributed by atoms with Crippen molar-refractivity contribution in [2.24, 2.45) is 11.8 Å². The molecule has 1 saturated carbocycles. The van der Waals surface area contributed by atoms with Crippen LogP contribution >= 0.6 is 0 Å². The molecular weight excluding hydrogens is 240 g/mol. The smallest absolute Gasteiger partial charge is 0.306 e. The van der Waals surface area contributed by atoms with Crippen LogP contribution in [0, 0.1) is 11.8 Å². The molecule has 2 rings (SSSR count). The topological polar surface area (TPSA) is 46.5 Å². The molecule has 1 atom stereocenters. The largest absolute Gasteiger partial charge is 0.497 e. The van der Waals surface area contributed by atoms with Gasteiger partial charge in [-0.3, -0.25) is 4.79 Å². The van der Waals surface area contributed by atoms with Gasteiger partial charge in [0.15, 0.2) is 0 Å². The van der Waals surface area contributed by atoms with Gasteiger partial charge in [0.05, 0.1) is 13.0 Å². The molecule has 0 spiro atoms. The lowest BCUT2D eigenvalue weighted by Crippen LogP contribution is -2.19. The number of benzene rings is 1. The van der Waals surface area contributed by atoms with Gasteiger partial charge in [0, 0.05) is 0 Å². The van der Waals surface area contributed by atoms with Crippen LogP contribution in [0.15, 0.2) is 24.3 Å². The molecule has 1 aromatic rings. The molecule has 19 heavy (non-hydrogen) atoms. The molecule has 1 aliphatic rings. The van der Waals surface area contributed by atoms with Crippen LogP contribution in [0.25, 0.3) is 0 Å². The van der Waals surface area contributed by atoms with Gasteiger partial charge in [-0.1, -0.05) is 37.8 Å². The summed E-state index contributed by atoms with van der Waals surface area (Å²) >= 11 is 0. The van der Waals surface area contributed by atoms with Crippen molar-refractivity contribution in [1.82, 2.24) is 0 Å². The Morgan fingerprint density at radius 1 is 1.42 bits per heavy atom. The Balaban J connectivity index is 2.00. The Morgan fingerprint density at radius 2 is 2.16 bits per heavy atom. The molecule has 1 aliphatic carbocycles. The molecule has 0 amide bonds. The molecule has 0 bridgehead atoms. The Morgan fingerprint density at radius 3 is 2.79 bits per heavy atom. The molecule has 1 aromatic carbocycles. The van der Waals surface area contributed by atoms with Gasteiger partial charge in [0.25, 0.3) is 0 Å². The van der Waals surface area contributed by atoms with Crippen molar-refractivity contribution in [2.75, 3.05) is 7.11 Å². The lowest BCUT2D eigenvalue weighted by atomic mass is 9.88. The van der Waals surface area contributed by atoms with Crippen molar-refractivity contribution in [3.8, 4) is 5.75 Å². The third-order valence-corrected chi connectivity index (χ3v) is 4.06. The third kappa shape index (κ3) is 3.98. The normalized spacial score (nSPS) is 17.3. The number of carboxylic acids is 1. The highest BCUT2D eigenvalue weighted by atomic mass is 16.5. The number of hydrogen-bond acceptors (Lipinski definition) is 2. The average Bonchev–Trinajstić information content (AvgIpc) is 2.91. The van der Waals surface area contributed by atoms with Gasteiger partial charge in [0.1, 0.15) is 5.75 Å². The van der Waals surface area contributed by atoms with E-state index in [1.54, 1.807) is 7.11 Å². The number of carbonyl (C=O) groups is 1. The number of methoxy groups -OCH3 is 1. The summed E-state index contributed by atoms with van der Waals surface area (Å²) in [6.45, 7) is 0. The fraction of sp³-hybridized carbons (Fsp3) is 0.562. The lowest BCUT2D eigenvalue weighted by Gasteiger charge is -2.17. The van der Waals surface area contributed by atoms with Crippen LogP contribution in [0.2, 0.25) is 0 Å². The maximum absolute atomic E-state index is 11.4. The standard InChI is InChI=1S/C16H22O3/c1-19-15-8-4-7-13(11-15)10-14(16(17)18)9-12-5-2-3-6-12/h4,7-8,11-12,14H,2-3,5-6,9-10H2,1H3,(H,17,18). The van der Waals surface area contributed by atoms with Crippen LogP contribution in [0.4, 0.5) is 0 Å². The molecule has 0 radical (unpaired) electrons. The number of carboxylic acid groups (broad SMARTS) is 1. The summed E-state index contributed by atoms with van der Waals surface area (Å²) in [5, 5.41) is 9.39. The first-order valence-corrected chi connectivity index (χ1v) is 7.04. The van der Waals surface area contributed by atoms with Crippen molar-refractivity contribution in [1.29, 1.82) is 0 Å². The van der Waals surface area contributed by atoms with Crippen LogP contribution in [-0.4, -0.2) is 18.2 Å². The van der Waals surface area contributed by atoms with Gasteiger partial charge in [-0.05, 0) is 36.5 Å². The molecule has 0 aromatic heterocycles. The van der Waals surface area contributed by atoms with Gasteiger partial charge in [0.2, 0.25) is 0 Å². The minimum Gasteiger partial charge on any atom is -0.497 e. The second-order valence-corrected chi connectivity index (χ2v) is 5.48. The zero-order valence-electron chi connectivity index (χ0n) is 11.5. The molecular formula is C16H22O3. The Kier molecular flexibility index (Phi) is 4.83. The zero-order valence-corrected chi connectivity index (χ0v) is 11.5. The molecule has 3 nitrogen and oxygen atoms in total. The van der Waals surface area contributed by atoms with Gasteiger partial charge in [-0.25, -0.2) is 0 Å². The van der Waals surface area contributed by atoms with E-state index in [2.05, 4.69) is 0 Å². The van der Waals surface area contributed by atoms with Gasteiger partial charge in [-0.2, -0.15) is 0 Å². The summed E-state index contributed by atoms with van der Waals surface area (Å²) in [5.74, 6) is 0.458. The van der Waals surface area contributed by atoms with Crippen molar-refractivity contribution in [2.45, 2.75) is 38.5 Å². The third-order valence-electron chi connectivity index (χ3n) is 4.06. The molecule has 3 heteroatoms. The van der Waals surface area contributed by atoms with E-state index < -0.39 is 5.97 Å². The molecule has 1 unspecified atom stereocenters. The SMILES string of the molecule is COc1cccc(CC(CC2CCCC2)C(=O)O)c1. The summed E-state index contributed by atoms with van der Waals surface area (Å²) in [6, 6.07) is 7.72. The van der Waals surface area contributed by atoms with E-state index in [-0.39, 0.29) is 5.92 Å². The van der Waals surface area contributed by atoms with Gasteiger partial charge in [-0.15, -0.1) is 0 Å². The molecule has 1 fully saturated rings. The van der Waals surface area contributed by atoms with E-state index in [1.807, 2.05) is 24.3 Å². The maximum atomic E-state index is 11.4. The highest BCUT2D eigenvalue weighted by Gasteiger charge is 2.25. The molecule has 104 valence electrons. The van der Waals surface area contributed by atoms with E-state index in [9.17, 15) is 9.90 Å². The maximum Gasteiger partial charge on any atom is 0.306 e. The number of aliphatic carboxylic acids is 1. The van der Waals surface area contributed by atoms with Gasteiger partial charge < -0.3 is 9.84 Å². The first-order valence-electron chi connectivity index (χ1n) is 7.04. The number of ether oxygens (including phenoxy) is 1. The highest BCUT2D eigenvalue weighted by molar-refractivity contribution is 5.70. The van der Waals surface area contributed by atoms with E-state index in [0.717, 1.165) is 17.7 Å². The number of rotatable bonds is 6. The van der Waals surface area contributed by atoms with Crippen LogP contribution in [0.1, 0.15) is 37.7 Å². The van der Waals surface area contributed by atoms with Gasteiger partial charge >= 0.3 is 5.97 Å². The van der Waals surface area contributed by atoms with Crippen LogP contribution in [0.5, 0.6) is 5.75 Å². The fourth-order valence-electron chi connectivity index (χ4n) is 3.00. The van der Waals surface area contributed by atoms with Crippen molar-refractivity contribution in [3.63, 3.8) is 0 Å². The van der Waals surface area contributed by atoms with Crippen LogP contribution in [-0.2, 0) is 11.2 Å². The predicted molar refractivity (Wildman–Crippen MR) is 74.4 cm³/mol. The molecule has 0 heterocycles. The highest BCUT2D eigenvalue weighted by Crippen LogP contribution is 2.31. The van der Waals surface area contributed by atoms with E-state index in [4.69, 9.17) is 4.74 Å². The summed E-state index contributed by atoms with van der Waals surface area (Å²) in [6.07, 6.45) is 6.33. The quantitative estimate of drug-likeness (QED) is 0.853. The predicted octanol–water partition coefficient (Wildman–Crippen LogP) is 3.52. The second-order valence-electron chi connectivity index (χ2n) is 5.48. The average molecular weight is 262 g/mol. The molecule has 0 saturated heterocycles. The zero-order chi connectivity index (χ0) is 13.7. The second kappa shape index (κ2) is 6.60. The summed E-state index contributed by atoms with van der Waals surface area (Å²) in [7, 11) is 1.63. The first kappa shape index (κ1) is 13.9. The van der Waals surface area contributed by atoms with E-state index in [0.29, 0.717) is 12.3 Å². The van der Waals surface area contributed by atoms with Crippen molar-refractivity contribution < 1.29 is 14.6 Å². The van der Waals surface area contributed by atoms with Crippen LogP contribution in [0.3, 0.4) is 0 Å². The lowest BCUT2D eigenvalue weighted by molar-refractivity contribution is -0.142. The van der Waals surface area contributed by atoms with Crippen LogP contribution < -0.4 is 4.74 Å². The van der Waals surface area contributed by atoms with Crippen molar-refractivity contribution in [3.05, 3.63) is 29.8 Å². The number of hydrogen-bond donors (Lipinski definition) is 1. The monoisotopic (exact) mass is 262 g/mol. The summed E-state index contributed by atoms with van der Waals surface area (Å²) < 4.78 is 5.18. The Hall–Kier alpha value is -1.51. The molecule has 0 aliphatic heterocycles. The summed E-state index contributed by atoms with van der Waals surface area (Å²) in [5.41, 5.74) is 1.05. The first-order chi connectivity index (χ1) is 9.19. The Labute approximate surface area is 114 Å². The van der Waals surface area contributed by atoms with E-state index >= 15 is 0 Å².